The number of alkyl carbamates (subject to hydrolysis) is 2. The third-order valence-corrected chi connectivity index (χ3v) is 8.85. The third kappa shape index (κ3) is 24.1. The molecule has 0 aliphatic rings. The highest BCUT2D eigenvalue weighted by Crippen LogP contribution is 2.13. The van der Waals surface area contributed by atoms with Gasteiger partial charge < -0.3 is 46.5 Å². The van der Waals surface area contributed by atoms with Crippen LogP contribution in [0.1, 0.15) is 97.6 Å². The summed E-state index contributed by atoms with van der Waals surface area (Å²) in [6.07, 6.45) is -2.13. The molecule has 3 atom stereocenters. The zero-order valence-corrected chi connectivity index (χ0v) is 38.3. The van der Waals surface area contributed by atoms with Crippen LogP contribution in [0.3, 0.4) is 0 Å². The molecule has 2 rings (SSSR count). The second kappa shape index (κ2) is 27.9. The van der Waals surface area contributed by atoms with Crippen LogP contribution in [0.5, 0.6) is 0 Å². The number of Topliss-reactive ketones (excluding diaryl/α,β-unsaturated/α-hetero) is 2. The van der Waals surface area contributed by atoms with Crippen LogP contribution in [-0.2, 0) is 56.0 Å². The van der Waals surface area contributed by atoms with Crippen LogP contribution in [0.4, 0.5) is 9.59 Å². The zero-order chi connectivity index (χ0) is 49.3. The van der Waals surface area contributed by atoms with Crippen molar-refractivity contribution in [2.45, 2.75) is 129 Å². The summed E-state index contributed by atoms with van der Waals surface area (Å²) in [7, 11) is 0. The third-order valence-electron chi connectivity index (χ3n) is 8.85. The molecule has 0 fully saturated rings. The lowest BCUT2D eigenvalue weighted by Crippen LogP contribution is -2.56. The molecule has 66 heavy (non-hydrogen) atoms. The Hall–Kier alpha value is -7.13. The Labute approximate surface area is 383 Å². The number of aliphatic imine (C=N–C) groups is 1. The number of nitrogens with two attached hydrogens (primary N) is 1. The summed E-state index contributed by atoms with van der Waals surface area (Å²) in [5, 5.41) is 22.1. The molecule has 0 saturated heterocycles. The van der Waals surface area contributed by atoms with Crippen LogP contribution in [0.2, 0.25) is 0 Å². The Kier molecular flexibility index (Phi) is 23.3. The van der Waals surface area contributed by atoms with Crippen molar-refractivity contribution in [1.82, 2.24) is 32.0 Å². The summed E-state index contributed by atoms with van der Waals surface area (Å²) in [6, 6.07) is 13.1. The lowest BCUT2D eigenvalue weighted by Gasteiger charge is -2.24. The standard InChI is InChI=1S/C44H63N9O13/c1-43(2,3)65-34(54)23-22-33(51-42(61)64-28-30-18-11-8-12-19-30)37(57)49-31(20-13-14-25-48-41(60)66-44(4,5)6)36(56)39(59)50-32(21-15-26-47-40(45)52-53(62)63)35(55)38(58)46-27-24-29-16-9-7-10-17-29/h7-12,16-19,31-33H,13-15,20-28H2,1-6H3,(H,46,58)(H,48,60)(H,49,57)(H,50,59)(H,51,61)(H3,45,47,52)/t31-,32-,33-/m0/s1. The molecule has 0 saturated carbocycles. The predicted octanol–water partition coefficient (Wildman–Crippen LogP) is 2.44. The number of carbonyl (C=O) groups excluding carboxylic acids is 8. The molecule has 0 aliphatic carbocycles. The highest BCUT2D eigenvalue weighted by atomic mass is 16.7. The maximum Gasteiger partial charge on any atom is 0.408 e. The summed E-state index contributed by atoms with van der Waals surface area (Å²) in [6.45, 7) is 9.81. The lowest BCUT2D eigenvalue weighted by molar-refractivity contribution is -0.525. The number of nitro groups is 1. The summed E-state index contributed by atoms with van der Waals surface area (Å²) in [5.74, 6) is -6.98. The number of amides is 5. The summed E-state index contributed by atoms with van der Waals surface area (Å²) >= 11 is 0. The minimum absolute atomic E-state index is 0.0432. The van der Waals surface area contributed by atoms with E-state index in [1.54, 1.807) is 89.4 Å². The van der Waals surface area contributed by atoms with E-state index in [2.05, 4.69) is 31.6 Å². The van der Waals surface area contributed by atoms with E-state index in [9.17, 15) is 48.5 Å². The molecule has 8 N–H and O–H groups in total. The van der Waals surface area contributed by atoms with Gasteiger partial charge in [0.05, 0.1) is 12.1 Å². The molecule has 0 heterocycles. The summed E-state index contributed by atoms with van der Waals surface area (Å²) in [4.78, 5) is 121. The van der Waals surface area contributed by atoms with Crippen molar-refractivity contribution in [3.05, 3.63) is 81.9 Å². The monoisotopic (exact) mass is 925 g/mol. The lowest BCUT2D eigenvalue weighted by atomic mass is 10.0. The molecule has 0 aliphatic heterocycles. The Balaban J connectivity index is 2.35. The average Bonchev–Trinajstić information content (AvgIpc) is 3.23. The topological polar surface area (TPSA) is 318 Å². The molecule has 2 aromatic carbocycles. The van der Waals surface area contributed by atoms with E-state index in [0.29, 0.717) is 12.0 Å². The first-order chi connectivity index (χ1) is 31.0. The van der Waals surface area contributed by atoms with Gasteiger partial charge in [-0.3, -0.25) is 28.8 Å². The fourth-order valence-corrected chi connectivity index (χ4v) is 5.84. The smallest absolute Gasteiger partial charge is 0.408 e. The van der Waals surface area contributed by atoms with Gasteiger partial charge in [0.2, 0.25) is 17.5 Å². The highest BCUT2D eigenvalue weighted by molar-refractivity contribution is 6.42. The normalized spacial score (nSPS) is 12.8. The van der Waals surface area contributed by atoms with Gasteiger partial charge >= 0.3 is 18.2 Å². The van der Waals surface area contributed by atoms with Crippen molar-refractivity contribution in [2.24, 2.45) is 10.7 Å². The summed E-state index contributed by atoms with van der Waals surface area (Å²) in [5.41, 5.74) is 7.03. The number of hydrogen-bond donors (Lipinski definition) is 7. The van der Waals surface area contributed by atoms with E-state index in [1.807, 2.05) is 18.2 Å². The quantitative estimate of drug-likeness (QED) is 0.0104. The molecule has 0 bridgehead atoms. The number of hydrogen-bond acceptors (Lipinski definition) is 14. The molecule has 2 aromatic rings. The van der Waals surface area contributed by atoms with Gasteiger partial charge in [0, 0.05) is 26.1 Å². The minimum Gasteiger partial charge on any atom is -0.460 e. The van der Waals surface area contributed by atoms with Crippen LogP contribution in [0.25, 0.3) is 0 Å². The minimum atomic E-state index is -1.60. The van der Waals surface area contributed by atoms with Crippen LogP contribution in [-0.4, -0.2) is 107 Å². The second-order valence-electron chi connectivity index (χ2n) is 16.9. The van der Waals surface area contributed by atoms with Crippen molar-refractivity contribution in [3.8, 4) is 0 Å². The fraction of sp³-hybridized carbons (Fsp3) is 0.523. The number of esters is 1. The van der Waals surface area contributed by atoms with Gasteiger partial charge in [0.1, 0.15) is 23.9 Å². The van der Waals surface area contributed by atoms with Crippen molar-refractivity contribution >= 4 is 53.4 Å². The van der Waals surface area contributed by atoms with Crippen LogP contribution in [0, 0.1) is 10.1 Å². The molecule has 0 aromatic heterocycles. The molecule has 22 nitrogen and oxygen atoms in total. The number of hydrazine groups is 1. The number of carbonyl (C=O) groups is 8. The molecular formula is C44H63N9O13. The number of ether oxygens (including phenoxy) is 3. The molecule has 22 heteroatoms. The maximum absolute atomic E-state index is 14.0. The van der Waals surface area contributed by atoms with Crippen LogP contribution >= 0.6 is 0 Å². The SMILES string of the molecule is CC(C)(C)OC(=O)CC[C@H](NC(=O)OCc1ccccc1)C(=O)N[C@@H](CCCCNC(=O)OC(C)(C)C)C(=O)C(=O)N[C@@H](CCCN=C(N)N[N+](=O)[O-])C(=O)C(=O)NCCc1ccccc1. The summed E-state index contributed by atoms with van der Waals surface area (Å²) < 4.78 is 15.9. The van der Waals surface area contributed by atoms with Gasteiger partial charge in [-0.1, -0.05) is 66.1 Å². The predicted molar refractivity (Wildman–Crippen MR) is 240 cm³/mol. The Morgan fingerprint density at radius 3 is 1.85 bits per heavy atom. The van der Waals surface area contributed by atoms with E-state index in [0.717, 1.165) is 5.56 Å². The Bertz CT molecular complexity index is 1990. The molecule has 0 unspecified atom stereocenters. The Morgan fingerprint density at radius 1 is 0.667 bits per heavy atom. The van der Waals surface area contributed by atoms with Crippen LogP contribution in [0.15, 0.2) is 65.7 Å². The molecular weight excluding hydrogens is 863 g/mol. The molecule has 362 valence electrons. The van der Waals surface area contributed by atoms with E-state index in [1.165, 1.54) is 0 Å². The number of rotatable bonds is 26. The van der Waals surface area contributed by atoms with Crippen molar-refractivity contribution < 1.29 is 57.6 Å². The molecule has 0 radical (unpaired) electrons. The number of benzene rings is 2. The number of nitrogens with one attached hydrogen (secondary N) is 6. The number of guanidine groups is 1. The van der Waals surface area contributed by atoms with Gasteiger partial charge in [-0.05, 0) is 97.6 Å². The first-order valence-electron chi connectivity index (χ1n) is 21.4. The number of unbranched alkanes of at least 4 members (excludes halogenated alkanes) is 1. The van der Waals surface area contributed by atoms with E-state index < -0.39 is 87.8 Å². The fourth-order valence-electron chi connectivity index (χ4n) is 5.84. The van der Waals surface area contributed by atoms with E-state index in [-0.39, 0.29) is 71.2 Å². The first-order valence-corrected chi connectivity index (χ1v) is 21.4. The van der Waals surface area contributed by atoms with Crippen molar-refractivity contribution in [3.63, 3.8) is 0 Å². The zero-order valence-electron chi connectivity index (χ0n) is 38.3. The van der Waals surface area contributed by atoms with Gasteiger partial charge in [-0.2, -0.15) is 0 Å². The van der Waals surface area contributed by atoms with Crippen LogP contribution < -0.4 is 37.7 Å². The Morgan fingerprint density at radius 2 is 1.24 bits per heavy atom. The van der Waals surface area contributed by atoms with Gasteiger partial charge in [0.25, 0.3) is 17.8 Å². The number of nitrogens with zero attached hydrogens (tertiary/aromatic N) is 2. The molecule has 5 amide bonds. The maximum atomic E-state index is 14.0. The molecule has 0 spiro atoms. The average molecular weight is 926 g/mol. The largest absolute Gasteiger partial charge is 0.460 e. The van der Waals surface area contributed by atoms with E-state index >= 15 is 0 Å². The van der Waals surface area contributed by atoms with Crippen molar-refractivity contribution in [2.75, 3.05) is 19.6 Å². The number of ketones is 2. The van der Waals surface area contributed by atoms with Gasteiger partial charge in [-0.15, -0.1) is 0 Å². The van der Waals surface area contributed by atoms with Gasteiger partial charge in [-0.25, -0.2) is 24.7 Å². The highest BCUT2D eigenvalue weighted by Gasteiger charge is 2.34. The second-order valence-corrected chi connectivity index (χ2v) is 16.9. The van der Waals surface area contributed by atoms with Gasteiger partial charge in [0.15, 0.2) is 5.03 Å². The first kappa shape index (κ1) is 55.0. The van der Waals surface area contributed by atoms with Crippen molar-refractivity contribution in [1.29, 1.82) is 0 Å². The van der Waals surface area contributed by atoms with E-state index in [4.69, 9.17) is 19.9 Å².